The molecule has 0 spiro atoms. The van der Waals surface area contributed by atoms with Crippen LogP contribution in [0.2, 0.25) is 5.02 Å². The maximum absolute atomic E-state index is 13.1. The summed E-state index contributed by atoms with van der Waals surface area (Å²) in [6.45, 7) is 1.17. The summed E-state index contributed by atoms with van der Waals surface area (Å²) in [5.41, 5.74) is 5.64. The second-order valence-corrected chi connectivity index (χ2v) is 8.54. The molecule has 0 fully saturated rings. The van der Waals surface area contributed by atoms with Crippen molar-refractivity contribution in [3.63, 3.8) is 0 Å². The van der Waals surface area contributed by atoms with Gasteiger partial charge in [0.1, 0.15) is 5.65 Å². The molecule has 172 valence electrons. The van der Waals surface area contributed by atoms with Gasteiger partial charge in [-0.15, -0.1) is 0 Å². The minimum Gasteiger partial charge on any atom is -0.493 e. The SMILES string of the molecule is COc1cc2c(cc1OC)CN(C(=O)C=Cc1c(-c3ccc(Cl)cc3)nc3ccccn13)CC2. The van der Waals surface area contributed by atoms with E-state index in [0.29, 0.717) is 29.6 Å². The van der Waals surface area contributed by atoms with Crippen molar-refractivity contribution < 1.29 is 14.3 Å². The number of pyridine rings is 1. The summed E-state index contributed by atoms with van der Waals surface area (Å²) in [4.78, 5) is 19.8. The number of carbonyl (C=O) groups is 1. The summed E-state index contributed by atoms with van der Waals surface area (Å²) in [5, 5.41) is 0.666. The molecule has 6 nitrogen and oxygen atoms in total. The topological polar surface area (TPSA) is 56.1 Å². The first-order valence-electron chi connectivity index (χ1n) is 11.0. The Labute approximate surface area is 203 Å². The molecule has 0 saturated carbocycles. The van der Waals surface area contributed by atoms with Crippen molar-refractivity contribution >= 4 is 29.2 Å². The number of nitrogens with zero attached hydrogens (tertiary/aromatic N) is 3. The number of ether oxygens (including phenoxy) is 2. The summed E-state index contributed by atoms with van der Waals surface area (Å²) >= 11 is 6.07. The van der Waals surface area contributed by atoms with Gasteiger partial charge in [-0.05, 0) is 60.0 Å². The van der Waals surface area contributed by atoms with Crippen LogP contribution in [-0.2, 0) is 17.8 Å². The Morgan fingerprint density at radius 2 is 1.76 bits per heavy atom. The zero-order valence-electron chi connectivity index (χ0n) is 19.0. The fourth-order valence-corrected chi connectivity index (χ4v) is 4.45. The molecule has 7 heteroatoms. The zero-order chi connectivity index (χ0) is 23.7. The van der Waals surface area contributed by atoms with E-state index in [1.807, 2.05) is 76.2 Å². The van der Waals surface area contributed by atoms with Gasteiger partial charge < -0.3 is 14.4 Å². The molecule has 2 aromatic carbocycles. The second-order valence-electron chi connectivity index (χ2n) is 8.10. The number of benzene rings is 2. The maximum Gasteiger partial charge on any atom is 0.246 e. The molecular formula is C27H24ClN3O3. The van der Waals surface area contributed by atoms with E-state index in [9.17, 15) is 4.79 Å². The quantitative estimate of drug-likeness (QED) is 0.370. The highest BCUT2D eigenvalue weighted by Gasteiger charge is 2.22. The highest BCUT2D eigenvalue weighted by atomic mass is 35.5. The summed E-state index contributed by atoms with van der Waals surface area (Å²) < 4.78 is 12.8. The maximum atomic E-state index is 13.1. The minimum absolute atomic E-state index is 0.0478. The van der Waals surface area contributed by atoms with Crippen molar-refractivity contribution in [3.05, 3.63) is 88.7 Å². The molecule has 0 bridgehead atoms. The summed E-state index contributed by atoms with van der Waals surface area (Å²) in [5.74, 6) is 1.33. The van der Waals surface area contributed by atoms with E-state index >= 15 is 0 Å². The third-order valence-electron chi connectivity index (χ3n) is 6.10. The van der Waals surface area contributed by atoms with Gasteiger partial charge in [0, 0.05) is 35.9 Å². The lowest BCUT2D eigenvalue weighted by Crippen LogP contribution is -2.34. The predicted octanol–water partition coefficient (Wildman–Crippen LogP) is 5.27. The van der Waals surface area contributed by atoms with Crippen molar-refractivity contribution in [2.24, 2.45) is 0 Å². The van der Waals surface area contributed by atoms with Crippen LogP contribution in [0.15, 0.2) is 66.9 Å². The number of imidazole rings is 1. The fraction of sp³-hybridized carbons (Fsp3) is 0.185. The monoisotopic (exact) mass is 473 g/mol. The van der Waals surface area contributed by atoms with Gasteiger partial charge in [-0.25, -0.2) is 4.98 Å². The first kappa shape index (κ1) is 22.0. The molecule has 2 aromatic heterocycles. The molecule has 4 aromatic rings. The highest BCUT2D eigenvalue weighted by molar-refractivity contribution is 6.30. The van der Waals surface area contributed by atoms with E-state index in [0.717, 1.165) is 34.6 Å². The molecule has 0 atom stereocenters. The van der Waals surface area contributed by atoms with Crippen LogP contribution in [0.4, 0.5) is 0 Å². The van der Waals surface area contributed by atoms with Crippen molar-refractivity contribution in [1.82, 2.24) is 14.3 Å². The van der Waals surface area contributed by atoms with E-state index in [1.54, 1.807) is 20.3 Å². The van der Waals surface area contributed by atoms with Crippen LogP contribution >= 0.6 is 11.6 Å². The van der Waals surface area contributed by atoms with E-state index < -0.39 is 0 Å². The van der Waals surface area contributed by atoms with Crippen LogP contribution in [0.25, 0.3) is 23.0 Å². The molecule has 0 N–H and O–H groups in total. The number of methoxy groups -OCH3 is 2. The standard InChI is InChI=1S/C27H24ClN3O3/c1-33-23-15-19-12-14-30(17-20(19)16-24(23)34-2)26(32)11-10-22-27(18-6-8-21(28)9-7-18)29-25-5-3-4-13-31(22)25/h3-11,13,15-16H,12,14,17H2,1-2H3. The van der Waals surface area contributed by atoms with Crippen LogP contribution in [0.3, 0.4) is 0 Å². The first-order valence-corrected chi connectivity index (χ1v) is 11.4. The van der Waals surface area contributed by atoms with Crippen LogP contribution in [0.1, 0.15) is 16.8 Å². The number of halogens is 1. The van der Waals surface area contributed by atoms with Gasteiger partial charge >= 0.3 is 0 Å². The summed E-state index contributed by atoms with van der Waals surface area (Å²) in [6, 6.07) is 17.4. The third kappa shape index (κ3) is 4.13. The van der Waals surface area contributed by atoms with Crippen LogP contribution in [0, 0.1) is 0 Å². The van der Waals surface area contributed by atoms with E-state index in [-0.39, 0.29) is 5.91 Å². The number of hydrogen-bond donors (Lipinski definition) is 0. The molecule has 1 aliphatic heterocycles. The number of carbonyl (C=O) groups excluding carboxylic acids is 1. The van der Waals surface area contributed by atoms with Crippen LogP contribution in [0.5, 0.6) is 11.5 Å². The Hall–Kier alpha value is -3.77. The summed E-state index contributed by atoms with van der Waals surface area (Å²) in [6.07, 6.45) is 6.18. The molecule has 0 unspecified atom stereocenters. The Morgan fingerprint density at radius 1 is 1.03 bits per heavy atom. The number of hydrogen-bond acceptors (Lipinski definition) is 4. The van der Waals surface area contributed by atoms with Crippen molar-refractivity contribution in [3.8, 4) is 22.8 Å². The van der Waals surface area contributed by atoms with Crippen molar-refractivity contribution in [2.45, 2.75) is 13.0 Å². The Morgan fingerprint density at radius 3 is 2.50 bits per heavy atom. The molecule has 0 aliphatic carbocycles. The molecule has 34 heavy (non-hydrogen) atoms. The van der Waals surface area contributed by atoms with Gasteiger partial charge in [0.25, 0.3) is 0 Å². The van der Waals surface area contributed by atoms with Gasteiger partial charge in [-0.1, -0.05) is 29.8 Å². The Kier molecular flexibility index (Phi) is 5.99. The van der Waals surface area contributed by atoms with Gasteiger partial charge in [0.2, 0.25) is 5.91 Å². The second kappa shape index (κ2) is 9.23. The zero-order valence-corrected chi connectivity index (χ0v) is 19.7. The Balaban J connectivity index is 1.44. The lowest BCUT2D eigenvalue weighted by Gasteiger charge is -2.28. The van der Waals surface area contributed by atoms with Gasteiger partial charge in [0.05, 0.1) is 25.6 Å². The van der Waals surface area contributed by atoms with E-state index in [1.165, 1.54) is 5.56 Å². The first-order chi connectivity index (χ1) is 16.6. The molecule has 0 radical (unpaired) electrons. The average molecular weight is 474 g/mol. The van der Waals surface area contributed by atoms with E-state index in [4.69, 9.17) is 26.1 Å². The molecular weight excluding hydrogens is 450 g/mol. The van der Waals surface area contributed by atoms with E-state index in [2.05, 4.69) is 0 Å². The highest BCUT2D eigenvalue weighted by Crippen LogP contribution is 2.33. The smallest absolute Gasteiger partial charge is 0.246 e. The minimum atomic E-state index is -0.0478. The van der Waals surface area contributed by atoms with Crippen LogP contribution in [-0.4, -0.2) is 41.0 Å². The van der Waals surface area contributed by atoms with Gasteiger partial charge in [-0.2, -0.15) is 0 Å². The number of rotatable bonds is 5. The van der Waals surface area contributed by atoms with Crippen molar-refractivity contribution in [2.75, 3.05) is 20.8 Å². The number of aromatic nitrogens is 2. The lowest BCUT2D eigenvalue weighted by molar-refractivity contribution is -0.126. The third-order valence-corrected chi connectivity index (χ3v) is 6.35. The molecule has 3 heterocycles. The average Bonchev–Trinajstić information content (AvgIpc) is 3.25. The fourth-order valence-electron chi connectivity index (χ4n) is 4.32. The normalized spacial score (nSPS) is 13.3. The number of fused-ring (bicyclic) bond motifs is 2. The molecule has 5 rings (SSSR count). The van der Waals surface area contributed by atoms with Crippen molar-refractivity contribution in [1.29, 1.82) is 0 Å². The van der Waals surface area contributed by atoms with Crippen LogP contribution < -0.4 is 9.47 Å². The number of amides is 1. The molecule has 1 aliphatic rings. The Bertz CT molecular complexity index is 1390. The summed E-state index contributed by atoms with van der Waals surface area (Å²) in [7, 11) is 3.25. The molecule has 0 saturated heterocycles. The van der Waals surface area contributed by atoms with Gasteiger partial charge in [0.15, 0.2) is 11.5 Å². The lowest BCUT2D eigenvalue weighted by atomic mass is 9.98. The predicted molar refractivity (Wildman–Crippen MR) is 133 cm³/mol. The molecule has 1 amide bonds. The largest absolute Gasteiger partial charge is 0.493 e. The van der Waals surface area contributed by atoms with Gasteiger partial charge in [-0.3, -0.25) is 9.20 Å².